The number of rotatable bonds is 1. The standard InChI is InChI=1S/C16H26/c1-3-7-11-15(12-8-4-1)16-13-9-5-2-6-10-14-16/h1-3,5,15-16H,4,6-14H2/b3-1-,5-2-. The van der Waals surface area contributed by atoms with Crippen molar-refractivity contribution in [1.82, 2.24) is 0 Å². The molecule has 2 aliphatic carbocycles. The maximum atomic E-state index is 2.41. The summed E-state index contributed by atoms with van der Waals surface area (Å²) < 4.78 is 0. The van der Waals surface area contributed by atoms with Crippen molar-refractivity contribution in [2.45, 2.75) is 64.2 Å². The Bertz CT molecular complexity index is 210. The number of allylic oxidation sites excluding steroid dienone is 4. The lowest BCUT2D eigenvalue weighted by Gasteiger charge is -2.28. The van der Waals surface area contributed by atoms with Gasteiger partial charge in [0.2, 0.25) is 0 Å². The maximum Gasteiger partial charge on any atom is -0.0348 e. The highest BCUT2D eigenvalue weighted by Gasteiger charge is 2.20. The number of hydrogen-bond acceptors (Lipinski definition) is 0. The minimum Gasteiger partial charge on any atom is -0.0885 e. The van der Waals surface area contributed by atoms with E-state index in [4.69, 9.17) is 0 Å². The molecule has 2 atom stereocenters. The van der Waals surface area contributed by atoms with Gasteiger partial charge in [0.25, 0.3) is 0 Å². The second-order valence-electron chi connectivity index (χ2n) is 5.48. The van der Waals surface area contributed by atoms with E-state index in [-0.39, 0.29) is 0 Å². The molecule has 2 unspecified atom stereocenters. The van der Waals surface area contributed by atoms with E-state index in [1.165, 1.54) is 64.2 Å². The summed E-state index contributed by atoms with van der Waals surface area (Å²) in [5.41, 5.74) is 0. The second kappa shape index (κ2) is 6.93. The molecule has 0 saturated carbocycles. The molecular formula is C16H26. The smallest absolute Gasteiger partial charge is 0.0348 e. The van der Waals surface area contributed by atoms with E-state index in [0.717, 1.165) is 11.8 Å². The largest absolute Gasteiger partial charge is 0.0885 e. The highest BCUT2D eigenvalue weighted by Crippen LogP contribution is 2.33. The molecule has 0 bridgehead atoms. The highest BCUT2D eigenvalue weighted by atomic mass is 14.3. The third-order valence-electron chi connectivity index (χ3n) is 4.30. The van der Waals surface area contributed by atoms with Crippen molar-refractivity contribution < 1.29 is 0 Å². The lowest BCUT2D eigenvalue weighted by Crippen LogP contribution is -2.16. The molecule has 0 radical (unpaired) electrons. The minimum absolute atomic E-state index is 1.02. The third kappa shape index (κ3) is 3.81. The van der Waals surface area contributed by atoms with Crippen LogP contribution in [0.2, 0.25) is 0 Å². The van der Waals surface area contributed by atoms with Gasteiger partial charge in [0.05, 0.1) is 0 Å². The summed E-state index contributed by atoms with van der Waals surface area (Å²) in [6.45, 7) is 0. The van der Waals surface area contributed by atoms with E-state index in [1.807, 2.05) is 0 Å². The molecule has 0 spiro atoms. The molecule has 90 valence electrons. The summed E-state index contributed by atoms with van der Waals surface area (Å²) in [6, 6.07) is 0. The minimum atomic E-state index is 1.02. The van der Waals surface area contributed by atoms with Crippen LogP contribution in [0.3, 0.4) is 0 Å². The van der Waals surface area contributed by atoms with Gasteiger partial charge in [-0.25, -0.2) is 0 Å². The Kier molecular flexibility index (Phi) is 5.18. The maximum absolute atomic E-state index is 2.41. The van der Waals surface area contributed by atoms with Gasteiger partial charge in [0.15, 0.2) is 0 Å². The van der Waals surface area contributed by atoms with Crippen LogP contribution in [0.15, 0.2) is 24.3 Å². The van der Waals surface area contributed by atoms with E-state index in [0.29, 0.717) is 0 Å². The van der Waals surface area contributed by atoms with Crippen LogP contribution in [0.4, 0.5) is 0 Å². The molecule has 0 aliphatic heterocycles. The fourth-order valence-electron chi connectivity index (χ4n) is 3.32. The van der Waals surface area contributed by atoms with Crippen molar-refractivity contribution in [3.05, 3.63) is 24.3 Å². The fraction of sp³-hybridized carbons (Fsp3) is 0.750. The monoisotopic (exact) mass is 218 g/mol. The van der Waals surface area contributed by atoms with Crippen LogP contribution in [-0.4, -0.2) is 0 Å². The highest BCUT2D eigenvalue weighted by molar-refractivity contribution is 4.89. The zero-order chi connectivity index (χ0) is 11.1. The van der Waals surface area contributed by atoms with Crippen LogP contribution >= 0.6 is 0 Å². The second-order valence-corrected chi connectivity index (χ2v) is 5.48. The van der Waals surface area contributed by atoms with Crippen LogP contribution in [0.25, 0.3) is 0 Å². The van der Waals surface area contributed by atoms with Gasteiger partial charge in [-0.15, -0.1) is 0 Å². The third-order valence-corrected chi connectivity index (χ3v) is 4.30. The molecule has 0 saturated heterocycles. The Labute approximate surface area is 101 Å². The first kappa shape index (κ1) is 12.0. The molecule has 16 heavy (non-hydrogen) atoms. The van der Waals surface area contributed by atoms with Crippen LogP contribution in [0, 0.1) is 11.8 Å². The zero-order valence-electron chi connectivity index (χ0n) is 10.5. The molecule has 0 fully saturated rings. The average molecular weight is 218 g/mol. The molecule has 0 heterocycles. The molecule has 0 nitrogen and oxygen atoms in total. The molecule has 0 aromatic carbocycles. The molecule has 0 amide bonds. The van der Waals surface area contributed by atoms with Gasteiger partial charge in [-0.2, -0.15) is 0 Å². The zero-order valence-corrected chi connectivity index (χ0v) is 10.5. The average Bonchev–Trinajstić information content (AvgIpc) is 2.18. The topological polar surface area (TPSA) is 0 Å². The summed E-state index contributed by atoms with van der Waals surface area (Å²) in [5.74, 6) is 2.05. The summed E-state index contributed by atoms with van der Waals surface area (Å²) in [5, 5.41) is 0. The van der Waals surface area contributed by atoms with Gasteiger partial charge in [-0.05, 0) is 76.0 Å². The summed E-state index contributed by atoms with van der Waals surface area (Å²) >= 11 is 0. The Morgan fingerprint density at radius 2 is 0.938 bits per heavy atom. The molecule has 0 N–H and O–H groups in total. The van der Waals surface area contributed by atoms with E-state index in [9.17, 15) is 0 Å². The molecule has 0 aromatic rings. The Balaban J connectivity index is 1.87. The first-order valence-electron chi connectivity index (χ1n) is 7.27. The van der Waals surface area contributed by atoms with Crippen LogP contribution in [0.5, 0.6) is 0 Å². The predicted molar refractivity (Wildman–Crippen MR) is 71.4 cm³/mol. The molecule has 0 aromatic heterocycles. The van der Waals surface area contributed by atoms with Gasteiger partial charge >= 0.3 is 0 Å². The van der Waals surface area contributed by atoms with E-state index >= 15 is 0 Å². The van der Waals surface area contributed by atoms with Gasteiger partial charge in [0, 0.05) is 0 Å². The molecular weight excluding hydrogens is 192 g/mol. The van der Waals surface area contributed by atoms with Crippen molar-refractivity contribution in [2.75, 3.05) is 0 Å². The first-order chi connectivity index (χ1) is 7.97. The SMILES string of the molecule is C1=C\CCC(C2CC/C=C\CCC2)CCC/1. The van der Waals surface area contributed by atoms with Crippen molar-refractivity contribution >= 4 is 0 Å². The van der Waals surface area contributed by atoms with E-state index in [2.05, 4.69) is 24.3 Å². The van der Waals surface area contributed by atoms with Gasteiger partial charge in [-0.3, -0.25) is 0 Å². The van der Waals surface area contributed by atoms with Gasteiger partial charge < -0.3 is 0 Å². The Hall–Kier alpha value is -0.520. The van der Waals surface area contributed by atoms with Crippen molar-refractivity contribution in [3.8, 4) is 0 Å². The molecule has 2 rings (SSSR count). The first-order valence-corrected chi connectivity index (χ1v) is 7.27. The molecule has 0 heteroatoms. The fourth-order valence-corrected chi connectivity index (χ4v) is 3.32. The van der Waals surface area contributed by atoms with Crippen molar-refractivity contribution in [2.24, 2.45) is 11.8 Å². The summed E-state index contributed by atoms with van der Waals surface area (Å²) in [6.07, 6.45) is 23.6. The van der Waals surface area contributed by atoms with Gasteiger partial charge in [-0.1, -0.05) is 24.3 Å². The van der Waals surface area contributed by atoms with Crippen LogP contribution in [0.1, 0.15) is 64.2 Å². The predicted octanol–water partition coefficient (Wildman–Crippen LogP) is 5.26. The van der Waals surface area contributed by atoms with Crippen LogP contribution < -0.4 is 0 Å². The van der Waals surface area contributed by atoms with Crippen molar-refractivity contribution in [1.29, 1.82) is 0 Å². The molecule has 2 aliphatic rings. The van der Waals surface area contributed by atoms with Crippen LogP contribution in [-0.2, 0) is 0 Å². The lowest BCUT2D eigenvalue weighted by atomic mass is 9.77. The van der Waals surface area contributed by atoms with Gasteiger partial charge in [0.1, 0.15) is 0 Å². The van der Waals surface area contributed by atoms with E-state index < -0.39 is 0 Å². The van der Waals surface area contributed by atoms with Crippen molar-refractivity contribution in [3.63, 3.8) is 0 Å². The van der Waals surface area contributed by atoms with E-state index in [1.54, 1.807) is 0 Å². The normalized spacial score (nSPS) is 36.5. The number of hydrogen-bond donors (Lipinski definition) is 0. The Morgan fingerprint density at radius 1 is 0.500 bits per heavy atom. The Morgan fingerprint density at radius 3 is 1.44 bits per heavy atom. The summed E-state index contributed by atoms with van der Waals surface area (Å²) in [7, 11) is 0. The lowest BCUT2D eigenvalue weighted by molar-refractivity contribution is 0.252. The summed E-state index contributed by atoms with van der Waals surface area (Å²) in [4.78, 5) is 0. The quantitative estimate of drug-likeness (QED) is 0.527.